The molecule has 2 fully saturated rings. The smallest absolute Gasteiger partial charge is 0.226 e. The van der Waals surface area contributed by atoms with Crippen molar-refractivity contribution in [2.75, 3.05) is 19.6 Å². The number of hydrogen-bond acceptors (Lipinski definition) is 2. The monoisotopic (exact) mass is 326 g/mol. The lowest BCUT2D eigenvalue weighted by molar-refractivity contribution is -0.134. The molecule has 1 aromatic carbocycles. The lowest BCUT2D eigenvalue weighted by atomic mass is 9.96. The molecule has 0 bridgehead atoms. The first-order chi connectivity index (χ1) is 10.1. The average Bonchev–Trinajstić information content (AvgIpc) is 3.30. The summed E-state index contributed by atoms with van der Waals surface area (Å²) in [6.45, 7) is 2.41. The van der Waals surface area contributed by atoms with Crippen LogP contribution in [0.15, 0.2) is 18.2 Å². The highest BCUT2D eigenvalue weighted by atomic mass is 35.5. The fourth-order valence-electron chi connectivity index (χ4n) is 3.24. The lowest BCUT2D eigenvalue weighted by Gasteiger charge is -2.31. The van der Waals surface area contributed by atoms with Crippen LogP contribution in [0, 0.1) is 11.8 Å². The number of rotatable bonds is 3. The third-order valence-corrected chi connectivity index (χ3v) is 5.58. The zero-order valence-electron chi connectivity index (χ0n) is 11.9. The number of nitrogens with zero attached hydrogens (tertiary/aromatic N) is 1. The van der Waals surface area contributed by atoms with Gasteiger partial charge in [-0.25, -0.2) is 0 Å². The largest absolute Gasteiger partial charge is 0.342 e. The Bertz CT molecular complexity index is 541. The second kappa shape index (κ2) is 6.15. The van der Waals surface area contributed by atoms with Gasteiger partial charge in [0.2, 0.25) is 5.91 Å². The number of carbonyl (C=O) groups is 1. The van der Waals surface area contributed by atoms with Gasteiger partial charge in [0, 0.05) is 19.0 Å². The van der Waals surface area contributed by atoms with Gasteiger partial charge in [0.15, 0.2) is 0 Å². The summed E-state index contributed by atoms with van der Waals surface area (Å²) in [6.07, 6.45) is 2.94. The van der Waals surface area contributed by atoms with Gasteiger partial charge in [-0.05, 0) is 49.3 Å². The van der Waals surface area contributed by atoms with Gasteiger partial charge in [-0.1, -0.05) is 35.3 Å². The molecule has 1 aliphatic heterocycles. The van der Waals surface area contributed by atoms with Gasteiger partial charge >= 0.3 is 0 Å². The number of likely N-dealkylation sites (tertiary alicyclic amines) is 1. The van der Waals surface area contributed by atoms with E-state index in [-0.39, 0.29) is 17.7 Å². The summed E-state index contributed by atoms with van der Waals surface area (Å²) in [5.41, 5.74) is 6.71. The maximum absolute atomic E-state index is 12.6. The van der Waals surface area contributed by atoms with Crippen molar-refractivity contribution in [2.45, 2.75) is 25.2 Å². The maximum atomic E-state index is 12.6. The SMILES string of the molecule is NCC1CCN(C(=O)[C@H]2C[C@@H]2c2cccc(Cl)c2Cl)CC1. The third kappa shape index (κ3) is 3.05. The number of halogens is 2. The number of benzene rings is 1. The van der Waals surface area contributed by atoms with Gasteiger partial charge in [0.25, 0.3) is 0 Å². The van der Waals surface area contributed by atoms with E-state index < -0.39 is 0 Å². The normalized spacial score (nSPS) is 26.0. The molecule has 1 saturated heterocycles. The average molecular weight is 327 g/mol. The minimum atomic E-state index is 0.0791. The molecule has 1 aromatic rings. The van der Waals surface area contributed by atoms with E-state index in [0.717, 1.165) is 44.5 Å². The summed E-state index contributed by atoms with van der Waals surface area (Å²) in [4.78, 5) is 14.5. The van der Waals surface area contributed by atoms with Gasteiger partial charge in [0.05, 0.1) is 10.0 Å². The molecule has 2 N–H and O–H groups in total. The first-order valence-corrected chi connectivity index (χ1v) is 8.30. The van der Waals surface area contributed by atoms with Crippen molar-refractivity contribution in [2.24, 2.45) is 17.6 Å². The topological polar surface area (TPSA) is 46.3 Å². The molecule has 0 radical (unpaired) electrons. The molecular formula is C16H20Cl2N2O. The van der Waals surface area contributed by atoms with Gasteiger partial charge in [-0.2, -0.15) is 0 Å². The zero-order valence-corrected chi connectivity index (χ0v) is 13.4. The molecule has 3 rings (SSSR count). The van der Waals surface area contributed by atoms with Crippen molar-refractivity contribution in [3.05, 3.63) is 33.8 Å². The fourth-order valence-corrected chi connectivity index (χ4v) is 3.69. The van der Waals surface area contributed by atoms with Crippen molar-refractivity contribution < 1.29 is 4.79 Å². The standard InChI is InChI=1S/C16H20Cl2N2O/c17-14-3-1-2-11(15(14)18)12-8-13(12)16(21)20-6-4-10(9-19)5-7-20/h1-3,10,12-13H,4-9,19H2/t12-,13+/m1/s1. The highest BCUT2D eigenvalue weighted by molar-refractivity contribution is 6.42. The van der Waals surface area contributed by atoms with E-state index in [1.54, 1.807) is 6.07 Å². The number of carbonyl (C=O) groups excluding carboxylic acids is 1. The van der Waals surface area contributed by atoms with Crippen LogP contribution < -0.4 is 5.73 Å². The molecular weight excluding hydrogens is 307 g/mol. The van der Waals surface area contributed by atoms with E-state index in [9.17, 15) is 4.79 Å². The molecule has 0 aromatic heterocycles. The molecule has 1 aliphatic carbocycles. The van der Waals surface area contributed by atoms with E-state index in [0.29, 0.717) is 16.0 Å². The molecule has 1 saturated carbocycles. The Morgan fingerprint density at radius 1 is 1.29 bits per heavy atom. The van der Waals surface area contributed by atoms with Crippen molar-refractivity contribution >= 4 is 29.1 Å². The Hall–Kier alpha value is -0.770. The van der Waals surface area contributed by atoms with Crippen molar-refractivity contribution in [1.29, 1.82) is 0 Å². The summed E-state index contributed by atoms with van der Waals surface area (Å²) in [7, 11) is 0. The van der Waals surface area contributed by atoms with Crippen LogP contribution in [0.2, 0.25) is 10.0 Å². The van der Waals surface area contributed by atoms with Crippen LogP contribution in [0.1, 0.15) is 30.7 Å². The van der Waals surface area contributed by atoms with Gasteiger partial charge in [-0.15, -0.1) is 0 Å². The summed E-state index contributed by atoms with van der Waals surface area (Å²) in [5, 5.41) is 1.16. The van der Waals surface area contributed by atoms with Crippen molar-refractivity contribution in [3.8, 4) is 0 Å². The van der Waals surface area contributed by atoms with Crippen LogP contribution >= 0.6 is 23.2 Å². The molecule has 3 nitrogen and oxygen atoms in total. The number of nitrogens with two attached hydrogens (primary N) is 1. The van der Waals surface area contributed by atoms with Crippen LogP contribution in [-0.4, -0.2) is 30.4 Å². The molecule has 1 heterocycles. The van der Waals surface area contributed by atoms with Crippen molar-refractivity contribution in [3.63, 3.8) is 0 Å². The Balaban J connectivity index is 1.63. The summed E-state index contributed by atoms with van der Waals surface area (Å²) in [5.74, 6) is 1.16. The number of amides is 1. The predicted octanol–water partition coefficient (Wildman–Crippen LogP) is 3.29. The quantitative estimate of drug-likeness (QED) is 0.926. The summed E-state index contributed by atoms with van der Waals surface area (Å²) in [6, 6.07) is 5.66. The van der Waals surface area contributed by atoms with Gasteiger partial charge < -0.3 is 10.6 Å². The molecule has 21 heavy (non-hydrogen) atoms. The van der Waals surface area contributed by atoms with E-state index >= 15 is 0 Å². The molecule has 2 atom stereocenters. The van der Waals surface area contributed by atoms with Crippen LogP contribution in [0.5, 0.6) is 0 Å². The molecule has 2 aliphatic rings. The Labute approximate surface area is 135 Å². The van der Waals surface area contributed by atoms with Gasteiger partial charge in [-0.3, -0.25) is 4.79 Å². The van der Waals surface area contributed by atoms with Crippen LogP contribution in [0.4, 0.5) is 0 Å². The summed E-state index contributed by atoms with van der Waals surface area (Å²) >= 11 is 12.3. The highest BCUT2D eigenvalue weighted by Gasteiger charge is 2.47. The Morgan fingerprint density at radius 3 is 2.67 bits per heavy atom. The molecule has 5 heteroatoms. The van der Waals surface area contributed by atoms with Crippen LogP contribution in [0.25, 0.3) is 0 Å². The predicted molar refractivity (Wildman–Crippen MR) is 85.7 cm³/mol. The number of piperidine rings is 1. The fraction of sp³-hybridized carbons (Fsp3) is 0.562. The Morgan fingerprint density at radius 2 is 2.00 bits per heavy atom. The molecule has 114 valence electrons. The minimum absolute atomic E-state index is 0.0791. The summed E-state index contributed by atoms with van der Waals surface area (Å²) < 4.78 is 0. The first kappa shape index (κ1) is 15.1. The van der Waals surface area contributed by atoms with E-state index in [1.165, 1.54) is 0 Å². The minimum Gasteiger partial charge on any atom is -0.342 e. The molecule has 1 amide bonds. The second-order valence-corrected chi connectivity index (χ2v) is 6.88. The van der Waals surface area contributed by atoms with Crippen LogP contribution in [-0.2, 0) is 4.79 Å². The number of hydrogen-bond donors (Lipinski definition) is 1. The Kier molecular flexibility index (Phi) is 4.43. The molecule has 0 unspecified atom stereocenters. The maximum Gasteiger partial charge on any atom is 0.226 e. The first-order valence-electron chi connectivity index (χ1n) is 7.54. The van der Waals surface area contributed by atoms with E-state index in [1.807, 2.05) is 17.0 Å². The van der Waals surface area contributed by atoms with Crippen LogP contribution in [0.3, 0.4) is 0 Å². The lowest BCUT2D eigenvalue weighted by Crippen LogP contribution is -2.41. The van der Waals surface area contributed by atoms with E-state index in [2.05, 4.69) is 0 Å². The second-order valence-electron chi connectivity index (χ2n) is 6.10. The zero-order chi connectivity index (χ0) is 15.0. The highest BCUT2D eigenvalue weighted by Crippen LogP contribution is 2.51. The molecule has 0 spiro atoms. The third-order valence-electron chi connectivity index (χ3n) is 4.75. The van der Waals surface area contributed by atoms with Gasteiger partial charge in [0.1, 0.15) is 0 Å². The van der Waals surface area contributed by atoms with Crippen molar-refractivity contribution in [1.82, 2.24) is 4.90 Å². The van der Waals surface area contributed by atoms with E-state index in [4.69, 9.17) is 28.9 Å².